The lowest BCUT2D eigenvalue weighted by Crippen LogP contribution is -2.29. The van der Waals surface area contributed by atoms with Gasteiger partial charge in [0.25, 0.3) is 0 Å². The number of hydrogen-bond acceptors (Lipinski definition) is 2. The molecule has 1 saturated heterocycles. The maximum Gasteiger partial charge on any atom is 0.144 e. The van der Waals surface area contributed by atoms with Crippen LogP contribution >= 0.6 is 0 Å². The van der Waals surface area contributed by atoms with Gasteiger partial charge in [0.05, 0.1) is 5.56 Å². The van der Waals surface area contributed by atoms with Crippen LogP contribution in [0.5, 0.6) is 0 Å². The molecule has 0 aliphatic carbocycles. The first-order chi connectivity index (χ1) is 7.72. The molecule has 0 spiro atoms. The van der Waals surface area contributed by atoms with Gasteiger partial charge in [-0.15, -0.1) is 0 Å². The van der Waals surface area contributed by atoms with Crippen LogP contribution in [0.15, 0.2) is 18.2 Å². The summed E-state index contributed by atoms with van der Waals surface area (Å²) in [7, 11) is 2.08. The van der Waals surface area contributed by atoms with Gasteiger partial charge < -0.3 is 4.90 Å². The van der Waals surface area contributed by atoms with Crippen molar-refractivity contribution in [2.45, 2.75) is 18.8 Å². The Bertz CT molecular complexity index is 414. The first-order valence-corrected chi connectivity index (χ1v) is 5.59. The zero-order chi connectivity index (χ0) is 11.5. The lowest BCUT2D eigenvalue weighted by atomic mass is 9.88. The SMILES string of the molecule is CN1CCC(c2cccc(C#N)c2F)CC1. The molecule has 3 heteroatoms. The van der Waals surface area contributed by atoms with Gasteiger partial charge in [-0.1, -0.05) is 12.1 Å². The third kappa shape index (κ3) is 2.07. The number of piperidine rings is 1. The van der Waals surface area contributed by atoms with Crippen molar-refractivity contribution in [3.63, 3.8) is 0 Å². The molecule has 2 nitrogen and oxygen atoms in total. The van der Waals surface area contributed by atoms with E-state index in [4.69, 9.17) is 5.26 Å². The first-order valence-electron chi connectivity index (χ1n) is 5.59. The van der Waals surface area contributed by atoms with E-state index in [2.05, 4.69) is 11.9 Å². The third-order valence-corrected chi connectivity index (χ3v) is 3.31. The zero-order valence-corrected chi connectivity index (χ0v) is 9.41. The smallest absolute Gasteiger partial charge is 0.144 e. The average molecular weight is 218 g/mol. The minimum absolute atomic E-state index is 0.163. The number of halogens is 1. The molecule has 1 aromatic carbocycles. The highest BCUT2D eigenvalue weighted by Crippen LogP contribution is 2.30. The molecule has 1 heterocycles. The highest BCUT2D eigenvalue weighted by atomic mass is 19.1. The predicted molar refractivity (Wildman–Crippen MR) is 60.6 cm³/mol. The molecule has 2 rings (SSSR count). The van der Waals surface area contributed by atoms with E-state index in [9.17, 15) is 4.39 Å². The number of nitriles is 1. The van der Waals surface area contributed by atoms with E-state index in [1.54, 1.807) is 6.07 Å². The van der Waals surface area contributed by atoms with Crippen LogP contribution in [0.25, 0.3) is 0 Å². The second kappa shape index (κ2) is 4.63. The molecule has 0 radical (unpaired) electrons. The van der Waals surface area contributed by atoms with Crippen LogP contribution in [-0.4, -0.2) is 25.0 Å². The number of benzene rings is 1. The number of rotatable bonds is 1. The molecule has 1 aliphatic heterocycles. The maximum absolute atomic E-state index is 13.9. The second-order valence-electron chi connectivity index (χ2n) is 4.40. The Labute approximate surface area is 95.3 Å². The lowest BCUT2D eigenvalue weighted by molar-refractivity contribution is 0.253. The van der Waals surface area contributed by atoms with Gasteiger partial charge in [0.15, 0.2) is 0 Å². The fourth-order valence-electron chi connectivity index (χ4n) is 2.27. The van der Waals surface area contributed by atoms with Crippen LogP contribution in [0.2, 0.25) is 0 Å². The van der Waals surface area contributed by atoms with E-state index in [1.807, 2.05) is 12.1 Å². The summed E-state index contributed by atoms with van der Waals surface area (Å²) in [5.41, 5.74) is 0.878. The zero-order valence-electron chi connectivity index (χ0n) is 9.41. The summed E-state index contributed by atoms with van der Waals surface area (Å²) in [6, 6.07) is 7.02. The van der Waals surface area contributed by atoms with E-state index in [0.29, 0.717) is 5.56 Å². The van der Waals surface area contributed by atoms with Crippen LogP contribution < -0.4 is 0 Å². The van der Waals surface area contributed by atoms with Crippen LogP contribution in [0.1, 0.15) is 29.9 Å². The lowest BCUT2D eigenvalue weighted by Gasteiger charge is -2.29. The molecule has 0 bridgehead atoms. The summed E-state index contributed by atoms with van der Waals surface area (Å²) in [5, 5.41) is 8.79. The van der Waals surface area contributed by atoms with Gasteiger partial charge in [-0.05, 0) is 50.5 Å². The Morgan fingerprint density at radius 3 is 2.69 bits per heavy atom. The van der Waals surface area contributed by atoms with Crippen molar-refractivity contribution in [2.75, 3.05) is 20.1 Å². The average Bonchev–Trinajstić information content (AvgIpc) is 2.31. The van der Waals surface area contributed by atoms with Crippen molar-refractivity contribution in [3.05, 3.63) is 35.1 Å². The fourth-order valence-corrected chi connectivity index (χ4v) is 2.27. The molecular weight excluding hydrogens is 203 g/mol. The van der Waals surface area contributed by atoms with Crippen LogP contribution in [-0.2, 0) is 0 Å². The van der Waals surface area contributed by atoms with Crippen molar-refractivity contribution >= 4 is 0 Å². The van der Waals surface area contributed by atoms with Crippen molar-refractivity contribution in [2.24, 2.45) is 0 Å². The third-order valence-electron chi connectivity index (χ3n) is 3.31. The molecular formula is C13H15FN2. The molecule has 16 heavy (non-hydrogen) atoms. The van der Waals surface area contributed by atoms with E-state index < -0.39 is 0 Å². The Morgan fingerprint density at radius 1 is 1.38 bits per heavy atom. The molecule has 0 aromatic heterocycles. The molecule has 1 aromatic rings. The molecule has 84 valence electrons. The quantitative estimate of drug-likeness (QED) is 0.724. The molecule has 0 saturated carbocycles. The van der Waals surface area contributed by atoms with Crippen molar-refractivity contribution in [1.82, 2.24) is 4.90 Å². The number of likely N-dealkylation sites (tertiary alicyclic amines) is 1. The first kappa shape index (κ1) is 11.1. The van der Waals surface area contributed by atoms with Gasteiger partial charge in [-0.2, -0.15) is 5.26 Å². The van der Waals surface area contributed by atoms with Gasteiger partial charge in [-0.25, -0.2) is 4.39 Å². The minimum Gasteiger partial charge on any atom is -0.306 e. The Hall–Kier alpha value is -1.40. The standard InChI is InChI=1S/C13H15FN2/c1-16-7-5-10(6-8-16)12-4-2-3-11(9-15)13(12)14/h2-4,10H,5-8H2,1H3. The summed E-state index contributed by atoms with van der Waals surface area (Å²) >= 11 is 0. The van der Waals surface area contributed by atoms with Gasteiger partial charge in [0.1, 0.15) is 11.9 Å². The molecule has 0 atom stereocenters. The van der Waals surface area contributed by atoms with Gasteiger partial charge in [0, 0.05) is 0 Å². The summed E-state index contributed by atoms with van der Waals surface area (Å²) in [6.07, 6.45) is 1.95. The van der Waals surface area contributed by atoms with Gasteiger partial charge in [0.2, 0.25) is 0 Å². The molecule has 0 unspecified atom stereocenters. The summed E-state index contributed by atoms with van der Waals surface area (Å²) in [5.74, 6) is -0.0518. The largest absolute Gasteiger partial charge is 0.306 e. The topological polar surface area (TPSA) is 27.0 Å². The normalized spacial score (nSPS) is 18.3. The van der Waals surface area contributed by atoms with Gasteiger partial charge in [-0.3, -0.25) is 0 Å². The Kier molecular flexibility index (Phi) is 3.21. The van der Waals surface area contributed by atoms with E-state index in [-0.39, 0.29) is 17.3 Å². The second-order valence-corrected chi connectivity index (χ2v) is 4.40. The van der Waals surface area contributed by atoms with Crippen LogP contribution in [0, 0.1) is 17.1 Å². The highest BCUT2D eigenvalue weighted by Gasteiger charge is 2.22. The van der Waals surface area contributed by atoms with E-state index in [0.717, 1.165) is 25.9 Å². The van der Waals surface area contributed by atoms with E-state index >= 15 is 0 Å². The highest BCUT2D eigenvalue weighted by molar-refractivity contribution is 5.36. The molecule has 0 N–H and O–H groups in total. The van der Waals surface area contributed by atoms with Crippen molar-refractivity contribution < 1.29 is 4.39 Å². The number of nitrogens with zero attached hydrogens (tertiary/aromatic N) is 2. The van der Waals surface area contributed by atoms with Gasteiger partial charge >= 0.3 is 0 Å². The van der Waals surface area contributed by atoms with E-state index in [1.165, 1.54) is 6.07 Å². The maximum atomic E-state index is 13.9. The minimum atomic E-state index is -0.320. The predicted octanol–water partition coefficient (Wildman–Crippen LogP) is 2.51. The monoisotopic (exact) mass is 218 g/mol. The fraction of sp³-hybridized carbons (Fsp3) is 0.462. The van der Waals surface area contributed by atoms with Crippen molar-refractivity contribution in [3.8, 4) is 6.07 Å². The molecule has 1 aliphatic rings. The summed E-state index contributed by atoms with van der Waals surface area (Å²) < 4.78 is 13.9. The van der Waals surface area contributed by atoms with Crippen LogP contribution in [0.3, 0.4) is 0 Å². The van der Waals surface area contributed by atoms with Crippen LogP contribution in [0.4, 0.5) is 4.39 Å². The molecule has 0 amide bonds. The Balaban J connectivity index is 2.24. The Morgan fingerprint density at radius 2 is 2.06 bits per heavy atom. The summed E-state index contributed by atoms with van der Waals surface area (Å²) in [4.78, 5) is 2.25. The molecule has 1 fully saturated rings. The number of hydrogen-bond donors (Lipinski definition) is 0. The summed E-state index contributed by atoms with van der Waals surface area (Å²) in [6.45, 7) is 2.00. The van der Waals surface area contributed by atoms with Crippen molar-refractivity contribution in [1.29, 1.82) is 5.26 Å².